The van der Waals surface area contributed by atoms with Crippen molar-refractivity contribution < 1.29 is 0 Å². The van der Waals surface area contributed by atoms with Gasteiger partial charge in [-0.15, -0.1) is 24.8 Å². The van der Waals surface area contributed by atoms with Crippen molar-refractivity contribution in [1.29, 1.82) is 0 Å². The fourth-order valence-corrected chi connectivity index (χ4v) is 3.50. The van der Waals surface area contributed by atoms with Crippen molar-refractivity contribution >= 4 is 35.8 Å². The number of nitrogens with zero attached hydrogens (tertiary/aromatic N) is 2. The standard InChI is InChI=1S/C15H20N4.2ClH/c1-4-14-8-16-7-11(1)9-19(14)10-13-3-2-12-5-6-17-15(12)18-13;;/h2-3,5-6,11,14,16H,1,4,7-10H2,(H,17,18);2*1H/t11-,14+;;/m1../s1. The fraction of sp³-hybridized carbons (Fsp3) is 0.533. The lowest BCUT2D eigenvalue weighted by molar-refractivity contribution is 0.125. The summed E-state index contributed by atoms with van der Waals surface area (Å²) in [6, 6.07) is 7.11. The molecule has 3 aliphatic rings. The number of pyridine rings is 1. The van der Waals surface area contributed by atoms with Gasteiger partial charge in [-0.3, -0.25) is 4.90 Å². The minimum absolute atomic E-state index is 0. The van der Waals surface area contributed by atoms with Crippen molar-refractivity contribution in [3.8, 4) is 0 Å². The van der Waals surface area contributed by atoms with Gasteiger partial charge in [0.25, 0.3) is 0 Å². The molecule has 0 aromatic carbocycles. The molecular weight excluding hydrogens is 307 g/mol. The summed E-state index contributed by atoms with van der Waals surface area (Å²) in [6.45, 7) is 4.54. The third kappa shape index (κ3) is 3.34. The third-order valence-corrected chi connectivity index (χ3v) is 4.56. The highest BCUT2D eigenvalue weighted by Gasteiger charge is 2.31. The Bertz CT molecular complexity index is 582. The van der Waals surface area contributed by atoms with Crippen LogP contribution in [0.5, 0.6) is 0 Å². The first-order chi connectivity index (χ1) is 9.38. The van der Waals surface area contributed by atoms with E-state index < -0.39 is 0 Å². The summed E-state index contributed by atoms with van der Waals surface area (Å²) in [4.78, 5) is 10.5. The summed E-state index contributed by atoms with van der Waals surface area (Å²) in [5, 5.41) is 4.78. The molecule has 0 unspecified atom stereocenters. The second kappa shape index (κ2) is 6.97. The topological polar surface area (TPSA) is 44.0 Å². The van der Waals surface area contributed by atoms with Crippen molar-refractivity contribution in [2.75, 3.05) is 19.6 Å². The van der Waals surface area contributed by atoms with Gasteiger partial charge in [0.15, 0.2) is 0 Å². The van der Waals surface area contributed by atoms with E-state index in [1.807, 2.05) is 6.20 Å². The van der Waals surface area contributed by atoms with Crippen LogP contribution >= 0.6 is 24.8 Å². The number of H-pyrrole nitrogens is 1. The van der Waals surface area contributed by atoms with Crippen LogP contribution in [0.2, 0.25) is 0 Å². The monoisotopic (exact) mass is 328 g/mol. The molecule has 2 N–H and O–H groups in total. The van der Waals surface area contributed by atoms with Crippen LogP contribution in [0.3, 0.4) is 0 Å². The van der Waals surface area contributed by atoms with E-state index in [2.05, 4.69) is 33.4 Å². The Balaban J connectivity index is 0.000000807. The molecule has 5 heterocycles. The van der Waals surface area contributed by atoms with Gasteiger partial charge in [-0.25, -0.2) is 4.98 Å². The van der Waals surface area contributed by atoms with Crippen LogP contribution in [0.15, 0.2) is 24.4 Å². The van der Waals surface area contributed by atoms with Gasteiger partial charge in [-0.05, 0) is 43.5 Å². The fourth-order valence-electron chi connectivity index (χ4n) is 3.50. The second-order valence-electron chi connectivity index (χ2n) is 5.90. The molecule has 3 fully saturated rings. The Labute approximate surface area is 137 Å². The first-order valence-electron chi connectivity index (χ1n) is 7.26. The van der Waals surface area contributed by atoms with E-state index in [0.29, 0.717) is 6.04 Å². The first kappa shape index (κ1) is 16.6. The van der Waals surface area contributed by atoms with Crippen molar-refractivity contribution in [3.63, 3.8) is 0 Å². The van der Waals surface area contributed by atoms with Crippen molar-refractivity contribution in [3.05, 3.63) is 30.1 Å². The molecule has 2 aromatic heterocycles. The van der Waals surface area contributed by atoms with Crippen LogP contribution in [-0.2, 0) is 6.54 Å². The van der Waals surface area contributed by atoms with E-state index in [-0.39, 0.29) is 24.8 Å². The SMILES string of the molecule is Cl.Cl.c1cc2ccc(CN3C[C@@H]4CC[C@H]3CNC4)nc2[nH]1. The van der Waals surface area contributed by atoms with Gasteiger partial charge >= 0.3 is 0 Å². The molecule has 3 saturated heterocycles. The number of hydrogen-bond donors (Lipinski definition) is 2. The Morgan fingerprint density at radius 1 is 1.14 bits per heavy atom. The lowest BCUT2D eigenvalue weighted by Crippen LogP contribution is -2.43. The number of halogens is 2. The maximum atomic E-state index is 4.73. The average molecular weight is 329 g/mol. The normalized spacial score (nSPS) is 25.1. The van der Waals surface area contributed by atoms with Crippen molar-refractivity contribution in [1.82, 2.24) is 20.2 Å². The number of nitrogens with one attached hydrogen (secondary N) is 2. The van der Waals surface area contributed by atoms with E-state index in [4.69, 9.17) is 4.98 Å². The molecule has 2 bridgehead atoms. The highest BCUT2D eigenvalue weighted by Crippen LogP contribution is 2.25. The lowest BCUT2D eigenvalue weighted by atomic mass is 9.95. The molecule has 5 rings (SSSR count). The number of aromatic nitrogens is 2. The van der Waals surface area contributed by atoms with Gasteiger partial charge in [-0.1, -0.05) is 0 Å². The van der Waals surface area contributed by atoms with E-state index >= 15 is 0 Å². The molecule has 2 atom stereocenters. The Morgan fingerprint density at radius 2 is 2.05 bits per heavy atom. The smallest absolute Gasteiger partial charge is 0.137 e. The number of aromatic amines is 1. The Morgan fingerprint density at radius 3 is 2.95 bits per heavy atom. The molecule has 116 valence electrons. The Hall–Kier alpha value is -0.810. The van der Waals surface area contributed by atoms with Crippen LogP contribution in [0.25, 0.3) is 11.0 Å². The molecule has 2 aromatic rings. The molecule has 6 heteroatoms. The van der Waals surface area contributed by atoms with Crippen LogP contribution in [0.1, 0.15) is 18.5 Å². The summed E-state index contributed by atoms with van der Waals surface area (Å²) in [5.74, 6) is 0.827. The number of rotatable bonds is 2. The highest BCUT2D eigenvalue weighted by molar-refractivity contribution is 5.85. The first-order valence-corrected chi connectivity index (χ1v) is 7.26. The summed E-state index contributed by atoms with van der Waals surface area (Å²) >= 11 is 0. The van der Waals surface area contributed by atoms with Gasteiger partial charge in [0.2, 0.25) is 0 Å². The maximum Gasteiger partial charge on any atom is 0.137 e. The molecule has 0 aliphatic carbocycles. The summed E-state index contributed by atoms with van der Waals surface area (Å²) in [5.41, 5.74) is 2.19. The van der Waals surface area contributed by atoms with Gasteiger partial charge in [0.1, 0.15) is 5.65 Å². The molecule has 0 saturated carbocycles. The molecular formula is C15H22Cl2N4. The summed E-state index contributed by atoms with van der Waals surface area (Å²) in [7, 11) is 0. The number of fused-ring (bicyclic) bond motifs is 5. The summed E-state index contributed by atoms with van der Waals surface area (Å²) in [6.07, 6.45) is 4.68. The highest BCUT2D eigenvalue weighted by atomic mass is 35.5. The van der Waals surface area contributed by atoms with Crippen LogP contribution in [-0.4, -0.2) is 40.5 Å². The Kier molecular flexibility index (Phi) is 5.49. The van der Waals surface area contributed by atoms with Gasteiger partial charge in [0.05, 0.1) is 5.69 Å². The third-order valence-electron chi connectivity index (χ3n) is 4.56. The van der Waals surface area contributed by atoms with E-state index in [0.717, 1.165) is 24.7 Å². The molecule has 0 spiro atoms. The van der Waals surface area contributed by atoms with Crippen molar-refractivity contribution in [2.45, 2.75) is 25.4 Å². The minimum Gasteiger partial charge on any atom is -0.346 e. The average Bonchev–Trinajstić information content (AvgIpc) is 2.66. The van der Waals surface area contributed by atoms with Gasteiger partial charge in [-0.2, -0.15) is 0 Å². The largest absolute Gasteiger partial charge is 0.346 e. The maximum absolute atomic E-state index is 4.73. The second-order valence-corrected chi connectivity index (χ2v) is 5.90. The van der Waals surface area contributed by atoms with E-state index in [1.54, 1.807) is 0 Å². The van der Waals surface area contributed by atoms with Crippen molar-refractivity contribution in [2.24, 2.45) is 5.92 Å². The summed E-state index contributed by atoms with van der Waals surface area (Å²) < 4.78 is 0. The predicted molar refractivity (Wildman–Crippen MR) is 90.4 cm³/mol. The van der Waals surface area contributed by atoms with Crippen LogP contribution < -0.4 is 5.32 Å². The number of piperidine rings is 1. The minimum atomic E-state index is 0. The zero-order chi connectivity index (χ0) is 12.7. The van der Waals surface area contributed by atoms with Crippen LogP contribution in [0, 0.1) is 5.92 Å². The van der Waals surface area contributed by atoms with Crippen LogP contribution in [0.4, 0.5) is 0 Å². The van der Waals surface area contributed by atoms with E-state index in [9.17, 15) is 0 Å². The van der Waals surface area contributed by atoms with Gasteiger partial charge < -0.3 is 10.3 Å². The molecule has 4 nitrogen and oxygen atoms in total. The molecule has 0 amide bonds. The van der Waals surface area contributed by atoms with E-state index in [1.165, 1.54) is 37.0 Å². The molecule has 21 heavy (non-hydrogen) atoms. The zero-order valence-corrected chi connectivity index (χ0v) is 13.6. The molecule has 3 aliphatic heterocycles. The van der Waals surface area contributed by atoms with Gasteiger partial charge in [0, 0.05) is 37.3 Å². The number of hydrogen-bond acceptors (Lipinski definition) is 3. The lowest BCUT2D eigenvalue weighted by Gasteiger charge is -2.35. The predicted octanol–water partition coefficient (Wildman–Crippen LogP) is 2.59. The zero-order valence-electron chi connectivity index (χ0n) is 11.9. The quantitative estimate of drug-likeness (QED) is 0.890. The molecule has 0 radical (unpaired) electrons.